The Morgan fingerprint density at radius 2 is 2.40 bits per heavy atom. The predicted octanol–water partition coefficient (Wildman–Crippen LogP) is 2.43. The smallest absolute Gasteiger partial charge is 0.318 e. The van der Waals surface area contributed by atoms with E-state index in [0.717, 1.165) is 19.0 Å². The third-order valence-corrected chi connectivity index (χ3v) is 3.05. The Labute approximate surface area is 94.6 Å². The first-order chi connectivity index (χ1) is 7.33. The van der Waals surface area contributed by atoms with Crippen LogP contribution >= 0.6 is 11.6 Å². The van der Waals surface area contributed by atoms with Crippen LogP contribution in [0.1, 0.15) is 32.1 Å². The number of halogens is 1. The number of anilines is 1. The van der Waals surface area contributed by atoms with Crippen LogP contribution in [0.3, 0.4) is 0 Å². The molecule has 4 nitrogen and oxygen atoms in total. The summed E-state index contributed by atoms with van der Waals surface area (Å²) >= 11 is 5.61. The van der Waals surface area contributed by atoms with Crippen LogP contribution in [0.2, 0.25) is 0 Å². The first-order valence-electron chi connectivity index (χ1n) is 5.46. The molecule has 0 aromatic carbocycles. The van der Waals surface area contributed by atoms with Gasteiger partial charge in [-0.2, -0.15) is 0 Å². The topological polar surface area (TPSA) is 42.2 Å². The number of rotatable bonds is 4. The van der Waals surface area contributed by atoms with Crippen LogP contribution in [-0.4, -0.2) is 23.3 Å². The molecule has 2 rings (SSSR count). The molecule has 0 N–H and O–H groups in total. The quantitative estimate of drug-likeness (QED) is 0.744. The molecule has 15 heavy (non-hydrogen) atoms. The molecule has 1 aromatic heterocycles. The van der Waals surface area contributed by atoms with Crippen LogP contribution in [-0.2, 0) is 5.88 Å². The van der Waals surface area contributed by atoms with Gasteiger partial charge < -0.3 is 9.32 Å². The minimum atomic E-state index is 0.291. The van der Waals surface area contributed by atoms with E-state index in [1.807, 2.05) is 0 Å². The lowest BCUT2D eigenvalue weighted by Crippen LogP contribution is -2.19. The van der Waals surface area contributed by atoms with Gasteiger partial charge in [-0.05, 0) is 18.8 Å². The molecule has 0 spiro atoms. The van der Waals surface area contributed by atoms with Crippen molar-refractivity contribution in [3.63, 3.8) is 0 Å². The molecular weight excluding hydrogens is 214 g/mol. The Bertz CT molecular complexity index is 315. The minimum Gasteiger partial charge on any atom is -0.407 e. The van der Waals surface area contributed by atoms with Crippen molar-refractivity contribution in [2.75, 3.05) is 18.0 Å². The van der Waals surface area contributed by atoms with E-state index in [4.69, 9.17) is 16.0 Å². The van der Waals surface area contributed by atoms with Gasteiger partial charge in [0.15, 0.2) is 0 Å². The summed E-state index contributed by atoms with van der Waals surface area (Å²) in [6.07, 6.45) is 3.76. The molecule has 1 saturated heterocycles. The summed E-state index contributed by atoms with van der Waals surface area (Å²) in [5.74, 6) is 1.58. The van der Waals surface area contributed by atoms with E-state index < -0.39 is 0 Å². The van der Waals surface area contributed by atoms with Crippen molar-refractivity contribution >= 4 is 17.6 Å². The molecule has 0 bridgehead atoms. The molecule has 5 heteroatoms. The predicted molar refractivity (Wildman–Crippen MR) is 59.1 cm³/mol. The molecule has 1 atom stereocenters. The van der Waals surface area contributed by atoms with Crippen molar-refractivity contribution in [1.82, 2.24) is 10.2 Å². The molecule has 0 radical (unpaired) electrons. The zero-order valence-electron chi connectivity index (χ0n) is 8.95. The third-order valence-electron chi connectivity index (χ3n) is 2.82. The van der Waals surface area contributed by atoms with Gasteiger partial charge >= 0.3 is 6.01 Å². The van der Waals surface area contributed by atoms with E-state index in [1.54, 1.807) is 0 Å². The van der Waals surface area contributed by atoms with Crippen molar-refractivity contribution in [2.45, 2.75) is 32.1 Å². The van der Waals surface area contributed by atoms with Gasteiger partial charge in [0, 0.05) is 13.1 Å². The Kier molecular flexibility index (Phi) is 3.46. The van der Waals surface area contributed by atoms with Gasteiger partial charge in [0.2, 0.25) is 5.89 Å². The van der Waals surface area contributed by atoms with E-state index in [9.17, 15) is 0 Å². The highest BCUT2D eigenvalue weighted by Gasteiger charge is 2.25. The van der Waals surface area contributed by atoms with E-state index in [-0.39, 0.29) is 0 Å². The van der Waals surface area contributed by atoms with Gasteiger partial charge in [0.1, 0.15) is 5.88 Å². The third kappa shape index (κ3) is 2.43. The minimum absolute atomic E-state index is 0.291. The Morgan fingerprint density at radius 3 is 3.07 bits per heavy atom. The van der Waals surface area contributed by atoms with Crippen LogP contribution in [0.5, 0.6) is 0 Å². The molecule has 1 aromatic rings. The fourth-order valence-electron chi connectivity index (χ4n) is 2.08. The molecular formula is C10H16ClN3O. The second-order valence-electron chi connectivity index (χ2n) is 4.00. The van der Waals surface area contributed by atoms with Gasteiger partial charge in [0.25, 0.3) is 0 Å². The number of hydrogen-bond donors (Lipinski definition) is 0. The van der Waals surface area contributed by atoms with Crippen LogP contribution in [0.4, 0.5) is 6.01 Å². The van der Waals surface area contributed by atoms with E-state index in [1.165, 1.54) is 19.3 Å². The summed E-state index contributed by atoms with van der Waals surface area (Å²) in [6.45, 7) is 4.29. The summed E-state index contributed by atoms with van der Waals surface area (Å²) < 4.78 is 5.41. The monoisotopic (exact) mass is 229 g/mol. The highest BCUT2D eigenvalue weighted by Crippen LogP contribution is 2.25. The van der Waals surface area contributed by atoms with Crippen molar-refractivity contribution in [3.05, 3.63) is 5.89 Å². The second kappa shape index (κ2) is 4.84. The first-order valence-corrected chi connectivity index (χ1v) is 6.00. The van der Waals surface area contributed by atoms with Crippen molar-refractivity contribution in [2.24, 2.45) is 5.92 Å². The normalized spacial score (nSPS) is 21.2. The number of alkyl halides is 1. The lowest BCUT2D eigenvalue weighted by Gasteiger charge is -2.12. The van der Waals surface area contributed by atoms with Gasteiger partial charge in [-0.15, -0.1) is 16.7 Å². The van der Waals surface area contributed by atoms with E-state index >= 15 is 0 Å². The lowest BCUT2D eigenvalue weighted by atomic mass is 10.0. The SMILES string of the molecule is CCCC1CCN(c2nnc(CCl)o2)C1. The van der Waals surface area contributed by atoms with E-state index in [2.05, 4.69) is 22.0 Å². The fourth-order valence-corrected chi connectivity index (χ4v) is 2.18. The summed E-state index contributed by atoms with van der Waals surface area (Å²) in [5, 5.41) is 7.85. The zero-order valence-corrected chi connectivity index (χ0v) is 9.70. The van der Waals surface area contributed by atoms with E-state index in [0.29, 0.717) is 17.8 Å². The molecule has 1 aliphatic heterocycles. The van der Waals surface area contributed by atoms with Gasteiger partial charge in [-0.3, -0.25) is 0 Å². The van der Waals surface area contributed by atoms with Gasteiger partial charge in [-0.25, -0.2) is 0 Å². The molecule has 2 heterocycles. The van der Waals surface area contributed by atoms with Crippen molar-refractivity contribution < 1.29 is 4.42 Å². The highest BCUT2D eigenvalue weighted by atomic mass is 35.5. The Balaban J connectivity index is 1.95. The van der Waals surface area contributed by atoms with Crippen LogP contribution < -0.4 is 4.90 Å². The number of nitrogens with zero attached hydrogens (tertiary/aromatic N) is 3. The molecule has 1 aliphatic rings. The molecule has 1 unspecified atom stereocenters. The molecule has 0 amide bonds. The summed E-state index contributed by atoms with van der Waals surface area (Å²) in [7, 11) is 0. The molecule has 0 aliphatic carbocycles. The maximum atomic E-state index is 5.61. The standard InChI is InChI=1S/C10H16ClN3O/c1-2-3-8-4-5-14(7-8)10-13-12-9(6-11)15-10/h8H,2-7H2,1H3. The van der Waals surface area contributed by atoms with Gasteiger partial charge in [-0.1, -0.05) is 18.4 Å². The molecule has 84 valence electrons. The number of aromatic nitrogens is 2. The fraction of sp³-hybridized carbons (Fsp3) is 0.800. The lowest BCUT2D eigenvalue weighted by molar-refractivity contribution is 0.497. The average molecular weight is 230 g/mol. The highest BCUT2D eigenvalue weighted by molar-refractivity contribution is 6.16. The van der Waals surface area contributed by atoms with Crippen LogP contribution in [0.15, 0.2) is 4.42 Å². The largest absolute Gasteiger partial charge is 0.407 e. The van der Waals surface area contributed by atoms with Gasteiger partial charge in [0.05, 0.1) is 0 Å². The number of hydrogen-bond acceptors (Lipinski definition) is 4. The second-order valence-corrected chi connectivity index (χ2v) is 4.27. The van der Waals surface area contributed by atoms with Crippen molar-refractivity contribution in [3.8, 4) is 0 Å². The Morgan fingerprint density at radius 1 is 1.53 bits per heavy atom. The summed E-state index contributed by atoms with van der Waals surface area (Å²) in [4.78, 5) is 2.16. The average Bonchev–Trinajstić information content (AvgIpc) is 2.85. The van der Waals surface area contributed by atoms with Crippen LogP contribution in [0, 0.1) is 5.92 Å². The Hall–Kier alpha value is -0.770. The summed E-state index contributed by atoms with van der Waals surface area (Å²) in [5.41, 5.74) is 0. The maximum Gasteiger partial charge on any atom is 0.318 e. The van der Waals surface area contributed by atoms with Crippen molar-refractivity contribution in [1.29, 1.82) is 0 Å². The molecule has 1 fully saturated rings. The maximum absolute atomic E-state index is 5.61. The molecule has 0 saturated carbocycles. The first kappa shape index (κ1) is 10.7. The summed E-state index contributed by atoms with van der Waals surface area (Å²) in [6, 6.07) is 0.629. The van der Waals surface area contributed by atoms with Crippen LogP contribution in [0.25, 0.3) is 0 Å². The zero-order chi connectivity index (χ0) is 10.7.